The lowest BCUT2D eigenvalue weighted by atomic mass is 10.0. The summed E-state index contributed by atoms with van der Waals surface area (Å²) in [6.07, 6.45) is 0.986. The van der Waals surface area contributed by atoms with E-state index in [0.29, 0.717) is 0 Å². The molecule has 0 bridgehead atoms. The monoisotopic (exact) mass is 270 g/mol. The van der Waals surface area contributed by atoms with Crippen molar-refractivity contribution in [2.24, 2.45) is 0 Å². The van der Waals surface area contributed by atoms with Gasteiger partial charge in [-0.15, -0.1) is 23.5 Å². The zero-order chi connectivity index (χ0) is 13.0. The summed E-state index contributed by atoms with van der Waals surface area (Å²) in [5.74, 6) is 2.03. The summed E-state index contributed by atoms with van der Waals surface area (Å²) in [6, 6.07) is 0. The van der Waals surface area contributed by atoms with Crippen LogP contribution in [0, 0.1) is 6.92 Å². The molecule has 4 N–H and O–H groups in total. The lowest BCUT2D eigenvalue weighted by Gasteiger charge is -2.19. The average Bonchev–Trinajstić information content (AvgIpc) is 2.32. The van der Waals surface area contributed by atoms with Crippen molar-refractivity contribution in [1.29, 1.82) is 0 Å². The van der Waals surface area contributed by atoms with Crippen LogP contribution in [0.5, 0.6) is 0 Å². The van der Waals surface area contributed by atoms with E-state index in [9.17, 15) is 0 Å². The largest absolute Gasteiger partial charge is 0.398 e. The number of benzene rings is 1. The minimum absolute atomic E-state index is 0.867. The summed E-state index contributed by atoms with van der Waals surface area (Å²) >= 11 is 3.56. The van der Waals surface area contributed by atoms with Gasteiger partial charge in [0.2, 0.25) is 0 Å². The molecule has 4 heteroatoms. The fourth-order valence-corrected chi connectivity index (χ4v) is 3.89. The van der Waals surface area contributed by atoms with Gasteiger partial charge in [-0.1, -0.05) is 20.8 Å². The van der Waals surface area contributed by atoms with E-state index < -0.39 is 0 Å². The third-order valence-corrected chi connectivity index (χ3v) is 4.86. The molecular formula is C13H22N2S2. The van der Waals surface area contributed by atoms with E-state index >= 15 is 0 Å². The Labute approximate surface area is 113 Å². The first-order valence-electron chi connectivity index (χ1n) is 6.04. The Hall–Kier alpha value is -0.480. The van der Waals surface area contributed by atoms with Crippen LogP contribution >= 0.6 is 23.5 Å². The van der Waals surface area contributed by atoms with E-state index in [1.165, 1.54) is 16.0 Å². The van der Waals surface area contributed by atoms with Gasteiger partial charge in [0.25, 0.3) is 0 Å². The van der Waals surface area contributed by atoms with Gasteiger partial charge in [0.05, 0.1) is 16.3 Å². The van der Waals surface area contributed by atoms with Crippen molar-refractivity contribution in [2.45, 2.75) is 43.9 Å². The first-order valence-corrected chi connectivity index (χ1v) is 8.01. The van der Waals surface area contributed by atoms with E-state index in [-0.39, 0.29) is 0 Å². The summed E-state index contributed by atoms with van der Waals surface area (Å²) in [6.45, 7) is 8.54. The summed E-state index contributed by atoms with van der Waals surface area (Å²) in [5.41, 5.74) is 16.7. The molecule has 96 valence electrons. The molecule has 0 saturated heterocycles. The Bertz CT molecular complexity index is 403. The first-order chi connectivity index (χ1) is 8.08. The zero-order valence-electron chi connectivity index (χ0n) is 11.1. The lowest BCUT2D eigenvalue weighted by molar-refractivity contribution is 1.04. The normalized spacial score (nSPS) is 10.8. The van der Waals surface area contributed by atoms with E-state index in [2.05, 4.69) is 27.7 Å². The molecule has 0 aliphatic carbocycles. The molecule has 0 unspecified atom stereocenters. The molecule has 0 spiro atoms. The first kappa shape index (κ1) is 14.6. The average molecular weight is 270 g/mol. The highest BCUT2D eigenvalue weighted by Crippen LogP contribution is 2.43. The minimum atomic E-state index is 0.867. The standard InChI is InChI=1S/C13H22N2S2/c1-5-9-8(4)10(14)13(17-7-3)11(15)12(9)16-6-2/h5-7,14-15H2,1-4H3. The van der Waals surface area contributed by atoms with Crippen molar-refractivity contribution in [3.8, 4) is 0 Å². The van der Waals surface area contributed by atoms with Gasteiger partial charge in [-0.2, -0.15) is 0 Å². The highest BCUT2D eigenvalue weighted by atomic mass is 32.2. The number of rotatable bonds is 5. The van der Waals surface area contributed by atoms with E-state index in [0.717, 1.165) is 34.2 Å². The third-order valence-electron chi connectivity index (χ3n) is 2.80. The predicted molar refractivity (Wildman–Crippen MR) is 82.2 cm³/mol. The van der Waals surface area contributed by atoms with Crippen molar-refractivity contribution in [3.05, 3.63) is 11.1 Å². The highest BCUT2D eigenvalue weighted by Gasteiger charge is 2.17. The number of nitrogens with two attached hydrogens (primary N) is 2. The van der Waals surface area contributed by atoms with E-state index in [1.807, 2.05) is 11.8 Å². The van der Waals surface area contributed by atoms with Crippen LogP contribution in [-0.2, 0) is 6.42 Å². The fourth-order valence-electron chi connectivity index (χ4n) is 1.95. The van der Waals surface area contributed by atoms with Gasteiger partial charge in [0, 0.05) is 4.90 Å². The van der Waals surface area contributed by atoms with Gasteiger partial charge >= 0.3 is 0 Å². The quantitative estimate of drug-likeness (QED) is 0.628. The molecule has 0 aromatic heterocycles. The number of anilines is 2. The molecule has 1 aromatic carbocycles. The van der Waals surface area contributed by atoms with Gasteiger partial charge in [-0.3, -0.25) is 0 Å². The van der Waals surface area contributed by atoms with Crippen LogP contribution < -0.4 is 11.5 Å². The molecule has 0 aliphatic rings. The summed E-state index contributed by atoms with van der Waals surface area (Å²) in [7, 11) is 0. The predicted octanol–water partition coefficient (Wildman–Crippen LogP) is 3.95. The maximum atomic E-state index is 6.28. The van der Waals surface area contributed by atoms with E-state index in [4.69, 9.17) is 11.5 Å². The topological polar surface area (TPSA) is 52.0 Å². The third kappa shape index (κ3) is 2.86. The summed E-state index contributed by atoms with van der Waals surface area (Å²) in [5, 5.41) is 0. The van der Waals surface area contributed by atoms with Crippen LogP contribution in [0.15, 0.2) is 9.79 Å². The molecule has 0 heterocycles. The molecule has 0 aliphatic heterocycles. The Morgan fingerprint density at radius 1 is 0.882 bits per heavy atom. The van der Waals surface area contributed by atoms with Gasteiger partial charge in [-0.05, 0) is 36.0 Å². The van der Waals surface area contributed by atoms with Crippen LogP contribution in [-0.4, -0.2) is 11.5 Å². The van der Waals surface area contributed by atoms with Crippen LogP contribution in [0.2, 0.25) is 0 Å². The molecule has 0 saturated carbocycles. The lowest BCUT2D eigenvalue weighted by Crippen LogP contribution is -2.05. The number of hydrogen-bond acceptors (Lipinski definition) is 4. The Kier molecular flexibility index (Phi) is 5.53. The summed E-state index contributed by atoms with van der Waals surface area (Å²) in [4.78, 5) is 2.30. The second-order valence-electron chi connectivity index (χ2n) is 3.81. The van der Waals surface area contributed by atoms with Crippen LogP contribution in [0.3, 0.4) is 0 Å². The number of hydrogen-bond donors (Lipinski definition) is 2. The molecule has 0 amide bonds. The molecule has 1 rings (SSSR count). The number of thioether (sulfide) groups is 2. The second kappa shape index (κ2) is 6.45. The maximum absolute atomic E-state index is 6.28. The Morgan fingerprint density at radius 2 is 1.41 bits per heavy atom. The smallest absolute Gasteiger partial charge is 0.0614 e. The van der Waals surface area contributed by atoms with Crippen LogP contribution in [0.4, 0.5) is 11.4 Å². The van der Waals surface area contributed by atoms with Crippen molar-refractivity contribution in [2.75, 3.05) is 23.0 Å². The molecule has 0 fully saturated rings. The molecule has 2 nitrogen and oxygen atoms in total. The summed E-state index contributed by atoms with van der Waals surface area (Å²) < 4.78 is 0. The van der Waals surface area contributed by atoms with Crippen LogP contribution in [0.25, 0.3) is 0 Å². The van der Waals surface area contributed by atoms with Crippen molar-refractivity contribution >= 4 is 34.9 Å². The molecule has 0 radical (unpaired) electrons. The van der Waals surface area contributed by atoms with Gasteiger partial charge < -0.3 is 11.5 Å². The molecule has 1 aromatic rings. The van der Waals surface area contributed by atoms with Crippen molar-refractivity contribution in [3.63, 3.8) is 0 Å². The van der Waals surface area contributed by atoms with E-state index in [1.54, 1.807) is 11.8 Å². The van der Waals surface area contributed by atoms with Gasteiger partial charge in [0.1, 0.15) is 0 Å². The Balaban J connectivity index is 3.45. The SMILES string of the molecule is CCSc1c(N)c(C)c(CC)c(SCC)c1N. The number of nitrogen functional groups attached to an aromatic ring is 2. The second-order valence-corrected chi connectivity index (χ2v) is 6.36. The van der Waals surface area contributed by atoms with Crippen LogP contribution in [0.1, 0.15) is 31.9 Å². The Morgan fingerprint density at radius 3 is 1.88 bits per heavy atom. The maximum Gasteiger partial charge on any atom is 0.0614 e. The fraction of sp³-hybridized carbons (Fsp3) is 0.538. The highest BCUT2D eigenvalue weighted by molar-refractivity contribution is 8.00. The molecule has 17 heavy (non-hydrogen) atoms. The van der Waals surface area contributed by atoms with Crippen molar-refractivity contribution < 1.29 is 0 Å². The minimum Gasteiger partial charge on any atom is -0.398 e. The van der Waals surface area contributed by atoms with Gasteiger partial charge in [-0.25, -0.2) is 0 Å². The molecule has 0 atom stereocenters. The van der Waals surface area contributed by atoms with Gasteiger partial charge in [0.15, 0.2) is 0 Å². The molecular weight excluding hydrogens is 248 g/mol. The zero-order valence-corrected chi connectivity index (χ0v) is 12.7. The van der Waals surface area contributed by atoms with Crippen molar-refractivity contribution in [1.82, 2.24) is 0 Å².